The fourth-order valence-electron chi connectivity index (χ4n) is 3.06. The molecule has 1 saturated heterocycles. The van der Waals surface area contributed by atoms with Gasteiger partial charge in [0.1, 0.15) is 5.03 Å². The molecular weight excluding hydrogens is 378 g/mol. The number of pyridine rings is 1. The first-order valence-corrected chi connectivity index (χ1v) is 10.8. The predicted molar refractivity (Wildman–Crippen MR) is 109 cm³/mol. The molecule has 0 N–H and O–H groups in total. The van der Waals surface area contributed by atoms with Gasteiger partial charge in [-0.1, -0.05) is 6.07 Å². The largest absolute Gasteiger partial charge is 0.337 e. The van der Waals surface area contributed by atoms with Gasteiger partial charge in [-0.05, 0) is 35.9 Å². The summed E-state index contributed by atoms with van der Waals surface area (Å²) in [5, 5.41) is 2.82. The lowest BCUT2D eigenvalue weighted by molar-refractivity contribution is 0.0742. The van der Waals surface area contributed by atoms with Crippen molar-refractivity contribution in [2.45, 2.75) is 5.03 Å². The Morgan fingerprint density at radius 3 is 2.67 bits per heavy atom. The fourth-order valence-corrected chi connectivity index (χ4v) is 4.30. The molecule has 3 aromatic rings. The summed E-state index contributed by atoms with van der Waals surface area (Å²) in [6.45, 7) is 2.73. The molecule has 3 aromatic heterocycles. The van der Waals surface area contributed by atoms with E-state index < -0.39 is 0 Å². The number of carbonyl (C=O) groups is 1. The van der Waals surface area contributed by atoms with Crippen LogP contribution in [0.4, 0.5) is 5.95 Å². The highest BCUT2D eigenvalue weighted by atomic mass is 32.2. The van der Waals surface area contributed by atoms with E-state index in [9.17, 15) is 4.79 Å². The van der Waals surface area contributed by atoms with E-state index in [2.05, 4.69) is 20.9 Å². The van der Waals surface area contributed by atoms with Crippen LogP contribution >= 0.6 is 23.1 Å². The monoisotopic (exact) mass is 397 g/mol. The third-order valence-electron chi connectivity index (χ3n) is 4.46. The zero-order chi connectivity index (χ0) is 18.6. The topological polar surface area (TPSA) is 62.2 Å². The number of carbonyl (C=O) groups excluding carboxylic acids is 1. The number of anilines is 1. The van der Waals surface area contributed by atoms with Gasteiger partial charge >= 0.3 is 0 Å². The third-order valence-corrected chi connectivity index (χ3v) is 6.07. The van der Waals surface area contributed by atoms with Crippen molar-refractivity contribution in [2.24, 2.45) is 0 Å². The zero-order valence-corrected chi connectivity index (χ0v) is 16.5. The number of rotatable bonds is 4. The maximum Gasteiger partial charge on any atom is 0.256 e. The molecule has 6 nitrogen and oxygen atoms in total. The summed E-state index contributed by atoms with van der Waals surface area (Å²) in [6, 6.07) is 9.67. The molecule has 0 saturated carbocycles. The van der Waals surface area contributed by atoms with Crippen molar-refractivity contribution in [1.82, 2.24) is 19.9 Å². The average Bonchev–Trinajstić information content (AvgIpc) is 3.28. The van der Waals surface area contributed by atoms with Gasteiger partial charge in [0.2, 0.25) is 5.95 Å². The second kappa shape index (κ2) is 8.06. The molecule has 1 fully saturated rings. The van der Waals surface area contributed by atoms with Crippen LogP contribution in [-0.2, 0) is 0 Å². The molecule has 8 heteroatoms. The van der Waals surface area contributed by atoms with Crippen LogP contribution < -0.4 is 4.90 Å². The van der Waals surface area contributed by atoms with Crippen molar-refractivity contribution in [2.75, 3.05) is 37.3 Å². The molecule has 4 heterocycles. The van der Waals surface area contributed by atoms with Crippen molar-refractivity contribution in [3.05, 3.63) is 53.7 Å². The minimum absolute atomic E-state index is 0.0420. The highest BCUT2D eigenvalue weighted by molar-refractivity contribution is 7.98. The number of piperazine rings is 1. The normalized spacial score (nSPS) is 14.4. The van der Waals surface area contributed by atoms with Crippen LogP contribution in [-0.4, -0.2) is 58.2 Å². The molecule has 138 valence electrons. The molecule has 1 aliphatic heterocycles. The standard InChI is InChI=1S/C19H19N5OS2/c1-26-17-14(4-2-7-20-17)18(25)23-9-11-24(12-10-23)19-21-8-6-15(22-19)16-5-3-13-27-16/h2-8,13H,9-12H2,1H3. The van der Waals surface area contributed by atoms with Crippen LogP contribution in [0.25, 0.3) is 10.6 Å². The van der Waals surface area contributed by atoms with Gasteiger partial charge in [-0.15, -0.1) is 23.1 Å². The zero-order valence-electron chi connectivity index (χ0n) is 14.9. The maximum atomic E-state index is 12.9. The Morgan fingerprint density at radius 1 is 1.07 bits per heavy atom. The molecule has 0 aromatic carbocycles. The van der Waals surface area contributed by atoms with E-state index in [0.29, 0.717) is 31.7 Å². The predicted octanol–water partition coefficient (Wildman–Crippen LogP) is 3.28. The Balaban J connectivity index is 1.45. The number of aromatic nitrogens is 3. The van der Waals surface area contributed by atoms with E-state index in [1.165, 1.54) is 11.8 Å². The Bertz CT molecular complexity index is 923. The number of hydrogen-bond acceptors (Lipinski definition) is 7. The minimum atomic E-state index is 0.0420. The van der Waals surface area contributed by atoms with Gasteiger partial charge in [-0.2, -0.15) is 0 Å². The molecular formula is C19H19N5OS2. The third kappa shape index (κ3) is 3.81. The average molecular weight is 398 g/mol. The smallest absolute Gasteiger partial charge is 0.256 e. The Kier molecular flexibility index (Phi) is 5.35. The van der Waals surface area contributed by atoms with Gasteiger partial charge in [-0.3, -0.25) is 4.79 Å². The number of thioether (sulfide) groups is 1. The van der Waals surface area contributed by atoms with Crippen molar-refractivity contribution < 1.29 is 4.79 Å². The van der Waals surface area contributed by atoms with E-state index in [1.807, 2.05) is 40.8 Å². The lowest BCUT2D eigenvalue weighted by Gasteiger charge is -2.35. The van der Waals surface area contributed by atoms with Gasteiger partial charge in [0, 0.05) is 38.6 Å². The lowest BCUT2D eigenvalue weighted by Crippen LogP contribution is -2.49. The van der Waals surface area contributed by atoms with Crippen molar-refractivity contribution in [3.63, 3.8) is 0 Å². The number of amides is 1. The van der Waals surface area contributed by atoms with Crippen molar-refractivity contribution >= 4 is 35.0 Å². The molecule has 4 rings (SSSR count). The second-order valence-electron chi connectivity index (χ2n) is 6.06. The summed E-state index contributed by atoms with van der Waals surface area (Å²) in [4.78, 5) is 31.4. The lowest BCUT2D eigenvalue weighted by atomic mass is 10.2. The summed E-state index contributed by atoms with van der Waals surface area (Å²) >= 11 is 3.16. The van der Waals surface area contributed by atoms with E-state index in [0.717, 1.165) is 21.5 Å². The maximum absolute atomic E-state index is 12.9. The summed E-state index contributed by atoms with van der Waals surface area (Å²) in [5.41, 5.74) is 1.61. The van der Waals surface area contributed by atoms with E-state index in [4.69, 9.17) is 4.98 Å². The number of thiophene rings is 1. The summed E-state index contributed by atoms with van der Waals surface area (Å²) in [5.74, 6) is 0.763. The van der Waals surface area contributed by atoms with Crippen molar-refractivity contribution in [3.8, 4) is 10.6 Å². The molecule has 1 amide bonds. The minimum Gasteiger partial charge on any atom is -0.337 e. The highest BCUT2D eigenvalue weighted by Crippen LogP contribution is 2.24. The summed E-state index contributed by atoms with van der Waals surface area (Å²) in [6.07, 6.45) is 5.46. The number of hydrogen-bond donors (Lipinski definition) is 0. The van der Waals surface area contributed by atoms with Gasteiger partial charge in [0.25, 0.3) is 5.91 Å². The second-order valence-corrected chi connectivity index (χ2v) is 7.80. The highest BCUT2D eigenvalue weighted by Gasteiger charge is 2.25. The van der Waals surface area contributed by atoms with E-state index in [-0.39, 0.29) is 5.91 Å². The molecule has 0 atom stereocenters. The van der Waals surface area contributed by atoms with Gasteiger partial charge in [0.15, 0.2) is 0 Å². The van der Waals surface area contributed by atoms with Crippen LogP contribution in [0.2, 0.25) is 0 Å². The first kappa shape index (κ1) is 17.9. The fraction of sp³-hybridized carbons (Fsp3) is 0.263. The van der Waals surface area contributed by atoms with Crippen molar-refractivity contribution in [1.29, 1.82) is 0 Å². The first-order valence-electron chi connectivity index (χ1n) is 8.66. The van der Waals surface area contributed by atoms with E-state index >= 15 is 0 Å². The SMILES string of the molecule is CSc1ncccc1C(=O)N1CCN(c2nccc(-c3cccs3)n2)CC1. The molecule has 0 unspecified atom stereocenters. The summed E-state index contributed by atoms with van der Waals surface area (Å²) < 4.78 is 0. The Morgan fingerprint density at radius 2 is 1.93 bits per heavy atom. The van der Waals surface area contributed by atoms with Crippen LogP contribution in [0.1, 0.15) is 10.4 Å². The Hall–Kier alpha value is -2.45. The van der Waals surface area contributed by atoms with Crippen LogP contribution in [0, 0.1) is 0 Å². The quantitative estimate of drug-likeness (QED) is 0.630. The molecule has 0 radical (unpaired) electrons. The van der Waals surface area contributed by atoms with Gasteiger partial charge < -0.3 is 9.80 Å². The van der Waals surface area contributed by atoms with Crippen LogP contribution in [0.5, 0.6) is 0 Å². The van der Waals surface area contributed by atoms with Gasteiger partial charge in [0.05, 0.1) is 16.1 Å². The van der Waals surface area contributed by atoms with E-state index in [1.54, 1.807) is 23.7 Å². The molecule has 1 aliphatic rings. The molecule has 0 aliphatic carbocycles. The molecule has 27 heavy (non-hydrogen) atoms. The molecule has 0 bridgehead atoms. The summed E-state index contributed by atoms with van der Waals surface area (Å²) in [7, 11) is 0. The molecule has 0 spiro atoms. The van der Waals surface area contributed by atoms with Crippen LogP contribution in [0.3, 0.4) is 0 Å². The number of nitrogens with zero attached hydrogens (tertiary/aromatic N) is 5. The first-order chi connectivity index (χ1) is 13.3. The van der Waals surface area contributed by atoms with Crippen LogP contribution in [0.15, 0.2) is 53.1 Å². The van der Waals surface area contributed by atoms with Gasteiger partial charge in [-0.25, -0.2) is 15.0 Å². The Labute approximate surface area is 166 Å².